The molecule has 0 saturated carbocycles. The molecule has 0 fully saturated rings. The van der Waals surface area contributed by atoms with Crippen molar-refractivity contribution in [3.8, 4) is 0 Å². The van der Waals surface area contributed by atoms with Crippen molar-refractivity contribution in [3.05, 3.63) is 0 Å². The summed E-state index contributed by atoms with van der Waals surface area (Å²) in [5.74, 6) is 0.678. The molecule has 0 aliphatic rings. The lowest BCUT2D eigenvalue weighted by molar-refractivity contribution is 0.181. The van der Waals surface area contributed by atoms with Crippen LogP contribution in [0.3, 0.4) is 0 Å². The number of hydrogen-bond donors (Lipinski definition) is 1. The highest BCUT2D eigenvalue weighted by molar-refractivity contribution is 4.79. The van der Waals surface area contributed by atoms with E-state index >= 15 is 0 Å². The van der Waals surface area contributed by atoms with Crippen LogP contribution in [0.4, 0.5) is 0 Å². The van der Waals surface area contributed by atoms with Crippen LogP contribution in [-0.2, 0) is 0 Å². The van der Waals surface area contributed by atoms with Crippen LogP contribution in [0.15, 0.2) is 0 Å². The molecular weight excluding hydrogens is 260 g/mol. The van der Waals surface area contributed by atoms with Gasteiger partial charge >= 0.3 is 0 Å². The minimum absolute atomic E-state index is 0.522. The van der Waals surface area contributed by atoms with E-state index in [-0.39, 0.29) is 0 Å². The summed E-state index contributed by atoms with van der Waals surface area (Å²) in [5.41, 5.74) is 0. The fourth-order valence-corrected chi connectivity index (χ4v) is 3.09. The van der Waals surface area contributed by atoms with Gasteiger partial charge in [0.2, 0.25) is 0 Å². The normalized spacial score (nSPS) is 18.3. The summed E-state index contributed by atoms with van der Waals surface area (Å²) in [6.45, 7) is 12.6. The molecule has 0 heterocycles. The molecule has 0 saturated heterocycles. The van der Waals surface area contributed by atoms with E-state index in [9.17, 15) is 0 Å². The summed E-state index contributed by atoms with van der Waals surface area (Å²) < 4.78 is 0. The lowest BCUT2D eigenvalue weighted by Crippen LogP contribution is -2.49. The van der Waals surface area contributed by atoms with Gasteiger partial charge in [0, 0.05) is 37.8 Å². The van der Waals surface area contributed by atoms with E-state index in [0.29, 0.717) is 24.0 Å². The number of nitrogens with one attached hydrogen (secondary N) is 1. The molecule has 0 aliphatic carbocycles. The Morgan fingerprint density at radius 1 is 0.810 bits per heavy atom. The predicted octanol–water partition coefficient (Wildman–Crippen LogP) is 1.82. The third-order valence-electron chi connectivity index (χ3n) is 4.22. The molecule has 4 nitrogen and oxygen atoms in total. The molecule has 0 aromatic carbocycles. The molecule has 0 aliphatic heterocycles. The van der Waals surface area contributed by atoms with Crippen LogP contribution < -0.4 is 5.32 Å². The molecule has 1 N–H and O–H groups in total. The largest absolute Gasteiger partial charge is 0.310 e. The first-order chi connectivity index (χ1) is 9.67. The Kier molecular flexibility index (Phi) is 10.5. The van der Waals surface area contributed by atoms with Gasteiger partial charge in [0.1, 0.15) is 0 Å². The zero-order chi connectivity index (χ0) is 16.6. The van der Waals surface area contributed by atoms with Gasteiger partial charge in [-0.2, -0.15) is 0 Å². The van der Waals surface area contributed by atoms with Crippen molar-refractivity contribution in [3.63, 3.8) is 0 Å². The monoisotopic (exact) mass is 300 g/mol. The van der Waals surface area contributed by atoms with Crippen molar-refractivity contribution in [2.45, 2.75) is 52.2 Å². The second kappa shape index (κ2) is 10.5. The van der Waals surface area contributed by atoms with Crippen molar-refractivity contribution >= 4 is 0 Å². The SMILES string of the molecule is CCC(NC(C)CN(C)C(C)CN(C)C)C(C)CN(C)C. The van der Waals surface area contributed by atoms with Crippen LogP contribution in [0.2, 0.25) is 0 Å². The van der Waals surface area contributed by atoms with Gasteiger partial charge in [-0.1, -0.05) is 13.8 Å². The Labute approximate surface area is 133 Å². The van der Waals surface area contributed by atoms with E-state index in [1.807, 2.05) is 0 Å². The fourth-order valence-electron chi connectivity index (χ4n) is 3.09. The summed E-state index contributed by atoms with van der Waals surface area (Å²) >= 11 is 0. The summed E-state index contributed by atoms with van der Waals surface area (Å²) in [6.07, 6.45) is 1.19. The molecule has 4 heteroatoms. The fraction of sp³-hybridized carbons (Fsp3) is 1.00. The molecule has 0 bridgehead atoms. The van der Waals surface area contributed by atoms with Gasteiger partial charge in [0.25, 0.3) is 0 Å². The Hall–Kier alpha value is -0.160. The lowest BCUT2D eigenvalue weighted by atomic mass is 9.98. The zero-order valence-corrected chi connectivity index (χ0v) is 16.0. The van der Waals surface area contributed by atoms with Gasteiger partial charge in [-0.3, -0.25) is 0 Å². The molecule has 4 atom stereocenters. The minimum atomic E-state index is 0.522. The predicted molar refractivity (Wildman–Crippen MR) is 95.0 cm³/mol. The van der Waals surface area contributed by atoms with Crippen molar-refractivity contribution in [1.82, 2.24) is 20.0 Å². The van der Waals surface area contributed by atoms with Crippen LogP contribution >= 0.6 is 0 Å². The van der Waals surface area contributed by atoms with Gasteiger partial charge < -0.3 is 20.0 Å². The average molecular weight is 301 g/mol. The number of hydrogen-bond acceptors (Lipinski definition) is 4. The second-order valence-corrected chi connectivity index (χ2v) is 7.37. The van der Waals surface area contributed by atoms with Crippen LogP contribution in [0, 0.1) is 5.92 Å². The summed E-state index contributed by atoms with van der Waals surface area (Å²) in [6, 6.07) is 1.71. The van der Waals surface area contributed by atoms with Crippen molar-refractivity contribution < 1.29 is 0 Å². The second-order valence-electron chi connectivity index (χ2n) is 7.37. The Morgan fingerprint density at radius 2 is 1.33 bits per heavy atom. The molecule has 21 heavy (non-hydrogen) atoms. The van der Waals surface area contributed by atoms with E-state index in [2.05, 4.69) is 82.9 Å². The van der Waals surface area contributed by atoms with Crippen molar-refractivity contribution in [2.75, 3.05) is 54.9 Å². The molecule has 128 valence electrons. The van der Waals surface area contributed by atoms with Gasteiger partial charge in [-0.05, 0) is 61.4 Å². The first-order valence-corrected chi connectivity index (χ1v) is 8.43. The van der Waals surface area contributed by atoms with Crippen LogP contribution in [0.25, 0.3) is 0 Å². The number of nitrogens with zero attached hydrogens (tertiary/aromatic N) is 3. The van der Waals surface area contributed by atoms with Gasteiger partial charge in [0.15, 0.2) is 0 Å². The van der Waals surface area contributed by atoms with E-state index in [0.717, 1.165) is 19.6 Å². The summed E-state index contributed by atoms with van der Waals surface area (Å²) in [7, 11) is 10.8. The molecule has 4 unspecified atom stereocenters. The highest BCUT2D eigenvalue weighted by Crippen LogP contribution is 2.10. The molecule has 0 rings (SSSR count). The molecule has 0 radical (unpaired) electrons. The highest BCUT2D eigenvalue weighted by Gasteiger charge is 2.20. The van der Waals surface area contributed by atoms with Crippen LogP contribution in [0.1, 0.15) is 34.1 Å². The van der Waals surface area contributed by atoms with Gasteiger partial charge in [-0.25, -0.2) is 0 Å². The third kappa shape index (κ3) is 9.46. The molecule has 0 spiro atoms. The van der Waals surface area contributed by atoms with Gasteiger partial charge in [-0.15, -0.1) is 0 Å². The summed E-state index contributed by atoms with van der Waals surface area (Å²) in [4.78, 5) is 7.00. The molecular formula is C17H40N4. The van der Waals surface area contributed by atoms with Crippen LogP contribution in [-0.4, -0.2) is 87.7 Å². The average Bonchev–Trinajstić information content (AvgIpc) is 2.33. The number of likely N-dealkylation sites (N-methyl/N-ethyl adjacent to an activating group) is 2. The standard InChI is InChI=1S/C17H40N4/c1-10-17(14(2)11-19(5)6)18-15(3)12-21(9)16(4)13-20(7)8/h14-18H,10-13H2,1-9H3. The maximum Gasteiger partial charge on any atom is 0.0192 e. The van der Waals surface area contributed by atoms with Crippen molar-refractivity contribution in [1.29, 1.82) is 0 Å². The molecule has 0 aromatic rings. The van der Waals surface area contributed by atoms with Crippen molar-refractivity contribution in [2.24, 2.45) is 5.92 Å². The zero-order valence-electron chi connectivity index (χ0n) is 16.0. The first-order valence-electron chi connectivity index (χ1n) is 8.43. The Bertz CT molecular complexity index is 255. The molecule has 0 amide bonds. The third-order valence-corrected chi connectivity index (χ3v) is 4.22. The summed E-state index contributed by atoms with van der Waals surface area (Å²) in [5, 5.41) is 3.83. The quantitative estimate of drug-likeness (QED) is 0.628. The van der Waals surface area contributed by atoms with E-state index in [1.54, 1.807) is 0 Å². The number of rotatable bonds is 11. The van der Waals surface area contributed by atoms with Gasteiger partial charge in [0.05, 0.1) is 0 Å². The Balaban J connectivity index is 4.28. The minimum Gasteiger partial charge on any atom is -0.310 e. The van der Waals surface area contributed by atoms with Crippen LogP contribution in [0.5, 0.6) is 0 Å². The maximum atomic E-state index is 3.83. The van der Waals surface area contributed by atoms with E-state index < -0.39 is 0 Å². The first kappa shape index (κ1) is 20.8. The van der Waals surface area contributed by atoms with E-state index in [1.165, 1.54) is 6.42 Å². The topological polar surface area (TPSA) is 21.8 Å². The Morgan fingerprint density at radius 3 is 1.76 bits per heavy atom. The van der Waals surface area contributed by atoms with E-state index in [4.69, 9.17) is 0 Å². The lowest BCUT2D eigenvalue weighted by Gasteiger charge is -2.33. The molecule has 0 aromatic heterocycles. The maximum absolute atomic E-state index is 3.83. The smallest absolute Gasteiger partial charge is 0.0192 e. The highest BCUT2D eigenvalue weighted by atomic mass is 15.2.